The molecule has 0 radical (unpaired) electrons. The number of nitrogens with one attached hydrogen (secondary N) is 2. The number of hydrogen-bond donors (Lipinski definition) is 2. The topological polar surface area (TPSA) is 48.2 Å². The Balaban J connectivity index is 2.89. The summed E-state index contributed by atoms with van der Waals surface area (Å²) < 4.78 is 0. The van der Waals surface area contributed by atoms with E-state index in [9.17, 15) is 0 Å². The van der Waals surface area contributed by atoms with Crippen LogP contribution in [0, 0.1) is 5.53 Å². The summed E-state index contributed by atoms with van der Waals surface area (Å²) in [6, 6.07) is 7.91. The molecule has 0 spiro atoms. The normalized spacial score (nSPS) is 9.92. The van der Waals surface area contributed by atoms with Crippen LogP contribution in [0.1, 0.15) is 13.8 Å². The lowest BCUT2D eigenvalue weighted by molar-refractivity contribution is 0.898. The molecule has 64 valence electrons. The maximum absolute atomic E-state index is 6.91. The van der Waals surface area contributed by atoms with Gasteiger partial charge in [0.2, 0.25) is 0 Å². The van der Waals surface area contributed by atoms with Crippen LogP contribution in [0.25, 0.3) is 0 Å². The first-order chi connectivity index (χ1) is 5.74. The van der Waals surface area contributed by atoms with Crippen molar-refractivity contribution in [1.29, 1.82) is 5.53 Å². The summed E-state index contributed by atoms with van der Waals surface area (Å²) in [5, 5.41) is 6.62. The predicted molar refractivity (Wildman–Crippen MR) is 50.0 cm³/mol. The van der Waals surface area contributed by atoms with Crippen molar-refractivity contribution in [3.8, 4) is 0 Å². The van der Waals surface area contributed by atoms with Gasteiger partial charge in [0.1, 0.15) is 5.69 Å². The minimum atomic E-state index is 0.368. The van der Waals surface area contributed by atoms with E-state index in [4.69, 9.17) is 5.53 Å². The summed E-state index contributed by atoms with van der Waals surface area (Å²) >= 11 is 0. The molecule has 1 aromatic rings. The molecule has 0 saturated carbocycles. The Morgan fingerprint density at radius 1 is 1.33 bits per heavy atom. The van der Waals surface area contributed by atoms with Crippen LogP contribution < -0.4 is 5.32 Å². The Kier molecular flexibility index (Phi) is 2.80. The molecule has 0 amide bonds. The Labute approximate surface area is 72.3 Å². The Hall–Kier alpha value is -1.38. The van der Waals surface area contributed by atoms with Crippen LogP contribution in [0.2, 0.25) is 0 Å². The van der Waals surface area contributed by atoms with E-state index in [1.165, 1.54) is 0 Å². The van der Waals surface area contributed by atoms with Crippen LogP contribution in [-0.2, 0) is 0 Å². The Morgan fingerprint density at radius 2 is 2.00 bits per heavy atom. The molecule has 1 rings (SSSR count). The molecule has 3 nitrogen and oxygen atoms in total. The van der Waals surface area contributed by atoms with Crippen LogP contribution >= 0.6 is 0 Å². The first kappa shape index (κ1) is 8.71. The van der Waals surface area contributed by atoms with E-state index < -0.39 is 0 Å². The third kappa shape index (κ3) is 2.05. The highest BCUT2D eigenvalue weighted by atomic mass is 15.0. The fraction of sp³-hybridized carbons (Fsp3) is 0.333. The van der Waals surface area contributed by atoms with E-state index >= 15 is 0 Å². The van der Waals surface area contributed by atoms with Gasteiger partial charge in [-0.05, 0) is 26.0 Å². The standard InChI is InChI=1S/C9H13N3/c1-7(2)11-8-5-3-4-6-9(8)12-10/h3-7,10-11H,1-2H3. The SMILES string of the molecule is CC(C)Nc1ccccc1N=N. The lowest BCUT2D eigenvalue weighted by Crippen LogP contribution is -2.09. The largest absolute Gasteiger partial charge is 0.381 e. The predicted octanol–water partition coefficient (Wildman–Crippen LogP) is 3.17. The second-order valence-electron chi connectivity index (χ2n) is 2.93. The highest BCUT2D eigenvalue weighted by molar-refractivity contribution is 5.64. The van der Waals surface area contributed by atoms with Gasteiger partial charge in [-0.15, -0.1) is 0 Å². The fourth-order valence-corrected chi connectivity index (χ4v) is 1.00. The van der Waals surface area contributed by atoms with Gasteiger partial charge in [-0.2, -0.15) is 5.11 Å². The lowest BCUT2D eigenvalue weighted by atomic mass is 10.2. The smallest absolute Gasteiger partial charge is 0.108 e. The molecular formula is C9H13N3. The molecule has 0 aliphatic carbocycles. The summed E-state index contributed by atoms with van der Waals surface area (Å²) in [5.41, 5.74) is 8.52. The molecule has 0 unspecified atom stereocenters. The van der Waals surface area contributed by atoms with Crippen LogP contribution in [0.5, 0.6) is 0 Å². The van der Waals surface area contributed by atoms with Gasteiger partial charge in [0.05, 0.1) is 5.69 Å². The Bertz CT molecular complexity index is 268. The quantitative estimate of drug-likeness (QED) is 0.660. The van der Waals surface area contributed by atoms with Gasteiger partial charge in [-0.25, -0.2) is 5.53 Å². The molecule has 0 aromatic heterocycles. The van der Waals surface area contributed by atoms with E-state index in [1.54, 1.807) is 0 Å². The average Bonchev–Trinajstić information content (AvgIpc) is 2.04. The van der Waals surface area contributed by atoms with E-state index in [2.05, 4.69) is 24.3 Å². The zero-order valence-corrected chi connectivity index (χ0v) is 7.33. The van der Waals surface area contributed by atoms with Crippen molar-refractivity contribution in [3.05, 3.63) is 24.3 Å². The monoisotopic (exact) mass is 163 g/mol. The van der Waals surface area contributed by atoms with Crippen LogP contribution in [0.3, 0.4) is 0 Å². The van der Waals surface area contributed by atoms with E-state index in [0.29, 0.717) is 11.7 Å². The number of benzene rings is 1. The lowest BCUT2D eigenvalue weighted by Gasteiger charge is -2.10. The Morgan fingerprint density at radius 3 is 2.58 bits per heavy atom. The van der Waals surface area contributed by atoms with Crippen LogP contribution in [0.15, 0.2) is 29.4 Å². The first-order valence-corrected chi connectivity index (χ1v) is 3.97. The molecule has 0 fully saturated rings. The first-order valence-electron chi connectivity index (χ1n) is 3.97. The molecule has 0 heterocycles. The zero-order valence-electron chi connectivity index (χ0n) is 7.33. The third-order valence-corrected chi connectivity index (χ3v) is 1.47. The van der Waals surface area contributed by atoms with Crippen molar-refractivity contribution >= 4 is 11.4 Å². The van der Waals surface area contributed by atoms with Crippen molar-refractivity contribution in [3.63, 3.8) is 0 Å². The van der Waals surface area contributed by atoms with Crippen molar-refractivity contribution in [2.24, 2.45) is 5.11 Å². The van der Waals surface area contributed by atoms with Gasteiger partial charge in [0, 0.05) is 6.04 Å². The van der Waals surface area contributed by atoms with E-state index in [-0.39, 0.29) is 0 Å². The number of hydrogen-bond acceptors (Lipinski definition) is 3. The summed E-state index contributed by atoms with van der Waals surface area (Å²) in [6.07, 6.45) is 0. The molecule has 3 heteroatoms. The summed E-state index contributed by atoms with van der Waals surface area (Å²) in [5.74, 6) is 0. The van der Waals surface area contributed by atoms with Crippen LogP contribution in [0.4, 0.5) is 11.4 Å². The maximum Gasteiger partial charge on any atom is 0.108 e. The van der Waals surface area contributed by atoms with E-state index in [1.807, 2.05) is 24.3 Å². The highest BCUT2D eigenvalue weighted by Gasteiger charge is 1.99. The van der Waals surface area contributed by atoms with Gasteiger partial charge in [0.15, 0.2) is 0 Å². The van der Waals surface area contributed by atoms with Gasteiger partial charge in [-0.1, -0.05) is 12.1 Å². The molecule has 0 bridgehead atoms. The minimum Gasteiger partial charge on any atom is -0.381 e. The third-order valence-electron chi connectivity index (χ3n) is 1.47. The summed E-state index contributed by atoms with van der Waals surface area (Å²) in [6.45, 7) is 4.11. The summed E-state index contributed by atoms with van der Waals surface area (Å²) in [7, 11) is 0. The number of nitrogens with zero attached hydrogens (tertiary/aromatic N) is 1. The molecule has 2 N–H and O–H groups in total. The van der Waals surface area contributed by atoms with Gasteiger partial charge in [0.25, 0.3) is 0 Å². The van der Waals surface area contributed by atoms with E-state index in [0.717, 1.165) is 5.69 Å². The number of anilines is 1. The molecule has 12 heavy (non-hydrogen) atoms. The van der Waals surface area contributed by atoms with Gasteiger partial charge >= 0.3 is 0 Å². The highest BCUT2D eigenvalue weighted by Crippen LogP contribution is 2.24. The van der Waals surface area contributed by atoms with Crippen molar-refractivity contribution in [2.75, 3.05) is 5.32 Å². The molecule has 0 saturated heterocycles. The zero-order chi connectivity index (χ0) is 8.97. The van der Waals surface area contributed by atoms with Crippen molar-refractivity contribution in [1.82, 2.24) is 0 Å². The molecule has 0 aliphatic heterocycles. The van der Waals surface area contributed by atoms with Gasteiger partial charge in [-0.3, -0.25) is 0 Å². The second-order valence-corrected chi connectivity index (χ2v) is 2.93. The molecule has 1 aromatic carbocycles. The average molecular weight is 163 g/mol. The van der Waals surface area contributed by atoms with Crippen LogP contribution in [-0.4, -0.2) is 6.04 Å². The minimum absolute atomic E-state index is 0.368. The van der Waals surface area contributed by atoms with Gasteiger partial charge < -0.3 is 5.32 Å². The second kappa shape index (κ2) is 3.85. The van der Waals surface area contributed by atoms with Crippen molar-refractivity contribution < 1.29 is 0 Å². The molecule has 0 atom stereocenters. The number of para-hydroxylation sites is 2. The number of rotatable bonds is 3. The molecular weight excluding hydrogens is 150 g/mol. The molecule has 0 aliphatic rings. The van der Waals surface area contributed by atoms with Crippen molar-refractivity contribution in [2.45, 2.75) is 19.9 Å². The maximum atomic E-state index is 6.91. The fourth-order valence-electron chi connectivity index (χ4n) is 1.00. The summed E-state index contributed by atoms with van der Waals surface area (Å²) in [4.78, 5) is 0.